The van der Waals surface area contributed by atoms with Crippen LogP contribution in [0.1, 0.15) is 25.3 Å². The third-order valence-electron chi connectivity index (χ3n) is 5.32. The first kappa shape index (κ1) is 20.6. The molecule has 1 aliphatic heterocycles. The molecule has 2 aromatic carbocycles. The van der Waals surface area contributed by atoms with Crippen molar-refractivity contribution in [2.45, 2.75) is 31.1 Å². The van der Waals surface area contributed by atoms with Gasteiger partial charge in [-0.05, 0) is 42.9 Å². The van der Waals surface area contributed by atoms with E-state index in [1.165, 1.54) is 4.31 Å². The molecule has 0 unspecified atom stereocenters. The van der Waals surface area contributed by atoms with Gasteiger partial charge in [0.1, 0.15) is 0 Å². The van der Waals surface area contributed by atoms with E-state index in [1.54, 1.807) is 35.2 Å². The molecule has 6 heteroatoms. The van der Waals surface area contributed by atoms with Crippen LogP contribution in [0.5, 0.6) is 0 Å². The van der Waals surface area contributed by atoms with E-state index in [2.05, 4.69) is 6.92 Å². The Morgan fingerprint density at radius 2 is 1.57 bits per heavy atom. The molecule has 0 radical (unpaired) electrons. The van der Waals surface area contributed by atoms with Gasteiger partial charge in [-0.1, -0.05) is 55.5 Å². The molecule has 0 bridgehead atoms. The lowest BCUT2D eigenvalue weighted by Crippen LogP contribution is -2.46. The Morgan fingerprint density at radius 3 is 2.18 bits per heavy atom. The van der Waals surface area contributed by atoms with E-state index in [9.17, 15) is 13.2 Å². The molecular formula is C22H28N2O3S. The van der Waals surface area contributed by atoms with E-state index in [0.29, 0.717) is 25.4 Å². The maximum Gasteiger partial charge on any atom is 0.243 e. The van der Waals surface area contributed by atoms with Crippen molar-refractivity contribution in [1.82, 2.24) is 9.21 Å². The van der Waals surface area contributed by atoms with Gasteiger partial charge in [0.2, 0.25) is 15.9 Å². The van der Waals surface area contributed by atoms with Crippen molar-refractivity contribution in [3.63, 3.8) is 0 Å². The molecule has 1 amide bonds. The molecule has 1 fully saturated rings. The standard InChI is InChI=1S/C22H28N2O3S/c1-19-12-15-23(16-13-19)22(25)18-24(17-14-20-8-4-2-5-9-20)28(26,27)21-10-6-3-7-11-21/h2-11,19H,12-18H2,1H3. The largest absolute Gasteiger partial charge is 0.342 e. The zero-order valence-electron chi connectivity index (χ0n) is 16.3. The minimum absolute atomic E-state index is 0.112. The summed E-state index contributed by atoms with van der Waals surface area (Å²) in [7, 11) is -3.73. The zero-order chi connectivity index (χ0) is 20.0. The highest BCUT2D eigenvalue weighted by Crippen LogP contribution is 2.19. The number of carbonyl (C=O) groups is 1. The fourth-order valence-corrected chi connectivity index (χ4v) is 4.84. The SMILES string of the molecule is CC1CCN(C(=O)CN(CCc2ccccc2)S(=O)(=O)c2ccccc2)CC1. The molecule has 0 N–H and O–H groups in total. The van der Waals surface area contributed by atoms with E-state index in [1.807, 2.05) is 30.3 Å². The minimum atomic E-state index is -3.73. The first-order valence-corrected chi connectivity index (χ1v) is 11.3. The Labute approximate surface area is 168 Å². The predicted molar refractivity (Wildman–Crippen MR) is 110 cm³/mol. The Kier molecular flexibility index (Phi) is 6.86. The van der Waals surface area contributed by atoms with Crippen LogP contribution in [0.4, 0.5) is 0 Å². The first-order chi connectivity index (χ1) is 13.5. The number of rotatable bonds is 7. The highest BCUT2D eigenvalue weighted by atomic mass is 32.2. The molecule has 0 spiro atoms. The van der Waals surface area contributed by atoms with Crippen LogP contribution in [0.25, 0.3) is 0 Å². The monoisotopic (exact) mass is 400 g/mol. The fourth-order valence-electron chi connectivity index (χ4n) is 3.43. The van der Waals surface area contributed by atoms with E-state index in [-0.39, 0.29) is 23.9 Å². The van der Waals surface area contributed by atoms with Gasteiger partial charge < -0.3 is 4.90 Å². The third kappa shape index (κ3) is 5.20. The van der Waals surface area contributed by atoms with Crippen molar-refractivity contribution >= 4 is 15.9 Å². The van der Waals surface area contributed by atoms with Gasteiger partial charge >= 0.3 is 0 Å². The van der Waals surface area contributed by atoms with E-state index in [0.717, 1.165) is 18.4 Å². The summed E-state index contributed by atoms with van der Waals surface area (Å²) >= 11 is 0. The second-order valence-electron chi connectivity index (χ2n) is 7.45. The molecule has 5 nitrogen and oxygen atoms in total. The highest BCUT2D eigenvalue weighted by molar-refractivity contribution is 7.89. The number of piperidine rings is 1. The second kappa shape index (κ2) is 9.34. The topological polar surface area (TPSA) is 57.7 Å². The molecule has 150 valence electrons. The van der Waals surface area contributed by atoms with Crippen LogP contribution in [0.3, 0.4) is 0 Å². The molecule has 0 aromatic heterocycles. The molecule has 2 aromatic rings. The number of nitrogens with zero attached hydrogens (tertiary/aromatic N) is 2. The molecular weight excluding hydrogens is 372 g/mol. The summed E-state index contributed by atoms with van der Waals surface area (Å²) in [4.78, 5) is 14.9. The van der Waals surface area contributed by atoms with Gasteiger partial charge in [0.05, 0.1) is 11.4 Å². The Hall–Kier alpha value is -2.18. The number of likely N-dealkylation sites (tertiary alicyclic amines) is 1. The highest BCUT2D eigenvalue weighted by Gasteiger charge is 2.29. The van der Waals surface area contributed by atoms with E-state index in [4.69, 9.17) is 0 Å². The lowest BCUT2D eigenvalue weighted by Gasteiger charge is -2.32. The first-order valence-electron chi connectivity index (χ1n) is 9.83. The second-order valence-corrected chi connectivity index (χ2v) is 9.39. The molecule has 3 rings (SSSR count). The Bertz CT molecular complexity index is 861. The third-order valence-corrected chi connectivity index (χ3v) is 7.18. The van der Waals surface area contributed by atoms with Gasteiger partial charge in [-0.25, -0.2) is 8.42 Å². The molecule has 1 aliphatic rings. The summed E-state index contributed by atoms with van der Waals surface area (Å²) in [6.07, 6.45) is 2.51. The van der Waals surface area contributed by atoms with Crippen LogP contribution < -0.4 is 0 Å². The Balaban J connectivity index is 1.76. The van der Waals surface area contributed by atoms with Crippen LogP contribution >= 0.6 is 0 Å². The zero-order valence-corrected chi connectivity index (χ0v) is 17.1. The van der Waals surface area contributed by atoms with Crippen LogP contribution in [0, 0.1) is 5.92 Å². The predicted octanol–water partition coefficient (Wildman–Crippen LogP) is 3.18. The quantitative estimate of drug-likeness (QED) is 0.717. The number of sulfonamides is 1. The molecule has 28 heavy (non-hydrogen) atoms. The minimum Gasteiger partial charge on any atom is -0.342 e. The maximum absolute atomic E-state index is 13.2. The summed E-state index contributed by atoms with van der Waals surface area (Å²) in [5, 5.41) is 0. The van der Waals surface area contributed by atoms with Gasteiger partial charge in [-0.3, -0.25) is 4.79 Å². The number of amides is 1. The van der Waals surface area contributed by atoms with Gasteiger partial charge in [0.25, 0.3) is 0 Å². The van der Waals surface area contributed by atoms with Gasteiger partial charge in [0, 0.05) is 19.6 Å². The normalized spacial score (nSPS) is 15.7. The fraction of sp³-hybridized carbons (Fsp3) is 0.409. The average Bonchev–Trinajstić information content (AvgIpc) is 2.72. The van der Waals surface area contributed by atoms with Crippen molar-refractivity contribution in [2.75, 3.05) is 26.2 Å². The van der Waals surface area contributed by atoms with Crippen LogP contribution in [-0.2, 0) is 21.2 Å². The van der Waals surface area contributed by atoms with Crippen molar-refractivity contribution in [1.29, 1.82) is 0 Å². The van der Waals surface area contributed by atoms with E-state index >= 15 is 0 Å². The van der Waals surface area contributed by atoms with E-state index < -0.39 is 10.0 Å². The smallest absolute Gasteiger partial charge is 0.243 e. The number of benzene rings is 2. The number of carbonyl (C=O) groups excluding carboxylic acids is 1. The van der Waals surface area contributed by atoms with Crippen molar-refractivity contribution in [2.24, 2.45) is 5.92 Å². The molecule has 0 aliphatic carbocycles. The molecule has 0 saturated carbocycles. The average molecular weight is 401 g/mol. The van der Waals surface area contributed by atoms with Gasteiger partial charge in [-0.15, -0.1) is 0 Å². The summed E-state index contributed by atoms with van der Waals surface area (Å²) < 4.78 is 27.7. The maximum atomic E-state index is 13.2. The van der Waals surface area contributed by atoms with Crippen molar-refractivity contribution < 1.29 is 13.2 Å². The van der Waals surface area contributed by atoms with Crippen LogP contribution in [0.2, 0.25) is 0 Å². The molecule has 0 atom stereocenters. The summed E-state index contributed by atoms with van der Waals surface area (Å²) in [6, 6.07) is 18.1. The molecule has 1 heterocycles. The summed E-state index contributed by atoms with van der Waals surface area (Å²) in [5.74, 6) is 0.505. The van der Waals surface area contributed by atoms with Gasteiger partial charge in [0.15, 0.2) is 0 Å². The lowest BCUT2D eigenvalue weighted by molar-refractivity contribution is -0.132. The van der Waals surface area contributed by atoms with Crippen molar-refractivity contribution in [3.8, 4) is 0 Å². The summed E-state index contributed by atoms with van der Waals surface area (Å²) in [5.41, 5.74) is 1.05. The van der Waals surface area contributed by atoms with Crippen LogP contribution in [-0.4, -0.2) is 49.7 Å². The van der Waals surface area contributed by atoms with Gasteiger partial charge in [-0.2, -0.15) is 4.31 Å². The molecule has 1 saturated heterocycles. The van der Waals surface area contributed by atoms with Crippen molar-refractivity contribution in [3.05, 3.63) is 66.2 Å². The Morgan fingerprint density at radius 1 is 1.00 bits per heavy atom. The lowest BCUT2D eigenvalue weighted by atomic mass is 9.99. The van der Waals surface area contributed by atoms with Crippen LogP contribution in [0.15, 0.2) is 65.6 Å². The summed E-state index contributed by atoms with van der Waals surface area (Å²) in [6.45, 7) is 3.76. The number of hydrogen-bond acceptors (Lipinski definition) is 3. The number of hydrogen-bond donors (Lipinski definition) is 0.